The van der Waals surface area contributed by atoms with E-state index in [1.807, 2.05) is 0 Å². The third-order valence-corrected chi connectivity index (χ3v) is 3.72. The molecule has 3 heteroatoms. The van der Waals surface area contributed by atoms with Crippen molar-refractivity contribution in [3.8, 4) is 0 Å². The van der Waals surface area contributed by atoms with Gasteiger partial charge in [-0.15, -0.1) is 0 Å². The molecule has 0 radical (unpaired) electrons. The molecule has 0 aromatic rings. The van der Waals surface area contributed by atoms with E-state index >= 15 is 0 Å². The van der Waals surface area contributed by atoms with Crippen LogP contribution in [0.1, 0.15) is 47.0 Å². The third kappa shape index (κ3) is 7.91. The smallest absolute Gasteiger partial charge is 0.0707 e. The van der Waals surface area contributed by atoms with E-state index in [1.165, 1.54) is 25.8 Å². The lowest BCUT2D eigenvalue weighted by atomic mass is 10.1. The minimum absolute atomic E-state index is 0.433. The quantitative estimate of drug-likeness (QED) is 0.697. The van der Waals surface area contributed by atoms with E-state index in [4.69, 9.17) is 4.74 Å². The summed E-state index contributed by atoms with van der Waals surface area (Å²) in [4.78, 5) is 2.43. The second-order valence-electron chi connectivity index (χ2n) is 6.95. The van der Waals surface area contributed by atoms with Crippen LogP contribution in [0.2, 0.25) is 0 Å². The molecule has 114 valence electrons. The van der Waals surface area contributed by atoms with E-state index in [2.05, 4.69) is 45.0 Å². The molecular formula is C16H34N2O. The largest absolute Gasteiger partial charge is 0.372 e. The van der Waals surface area contributed by atoms with Crippen LogP contribution in [0.5, 0.6) is 0 Å². The highest BCUT2D eigenvalue weighted by Gasteiger charge is 2.25. The van der Waals surface area contributed by atoms with Gasteiger partial charge in [-0.3, -0.25) is 0 Å². The predicted octanol–water partition coefficient (Wildman–Crippen LogP) is 2.76. The first-order chi connectivity index (χ1) is 8.97. The Morgan fingerprint density at radius 3 is 2.42 bits per heavy atom. The monoisotopic (exact) mass is 270 g/mol. The summed E-state index contributed by atoms with van der Waals surface area (Å²) in [5, 5.41) is 3.50. The topological polar surface area (TPSA) is 24.5 Å². The predicted molar refractivity (Wildman–Crippen MR) is 82.6 cm³/mol. The van der Waals surface area contributed by atoms with Crippen LogP contribution < -0.4 is 5.32 Å². The summed E-state index contributed by atoms with van der Waals surface area (Å²) in [6, 6.07) is 0. The molecule has 0 aromatic heterocycles. The van der Waals surface area contributed by atoms with Gasteiger partial charge in [0, 0.05) is 13.1 Å². The van der Waals surface area contributed by atoms with Crippen molar-refractivity contribution in [2.24, 2.45) is 11.8 Å². The molecule has 1 saturated heterocycles. The highest BCUT2D eigenvalue weighted by atomic mass is 16.5. The van der Waals surface area contributed by atoms with Crippen LogP contribution in [-0.2, 0) is 4.74 Å². The molecular weight excluding hydrogens is 236 g/mol. The molecule has 19 heavy (non-hydrogen) atoms. The Bertz CT molecular complexity index is 231. The van der Waals surface area contributed by atoms with Gasteiger partial charge in [0.25, 0.3) is 0 Å². The van der Waals surface area contributed by atoms with Gasteiger partial charge in [-0.25, -0.2) is 0 Å². The average Bonchev–Trinajstić information content (AvgIpc) is 2.73. The van der Waals surface area contributed by atoms with Crippen LogP contribution in [0.15, 0.2) is 0 Å². The molecule has 1 rings (SSSR count). The molecule has 1 aliphatic heterocycles. The second kappa shape index (κ2) is 8.93. The molecule has 2 atom stereocenters. The van der Waals surface area contributed by atoms with Gasteiger partial charge in [-0.2, -0.15) is 0 Å². The molecule has 0 bridgehead atoms. The summed E-state index contributed by atoms with van der Waals surface area (Å²) in [6.45, 7) is 13.5. The summed E-state index contributed by atoms with van der Waals surface area (Å²) in [6.07, 6.45) is 4.60. The van der Waals surface area contributed by atoms with Crippen molar-refractivity contribution >= 4 is 0 Å². The fraction of sp³-hybridized carbons (Fsp3) is 1.00. The summed E-state index contributed by atoms with van der Waals surface area (Å²) in [5.41, 5.74) is 0. The van der Waals surface area contributed by atoms with Crippen molar-refractivity contribution in [2.75, 3.05) is 33.2 Å². The zero-order valence-corrected chi connectivity index (χ0v) is 13.6. The first kappa shape index (κ1) is 16.9. The summed E-state index contributed by atoms with van der Waals surface area (Å²) in [5.74, 6) is 1.51. The van der Waals surface area contributed by atoms with E-state index in [0.29, 0.717) is 12.2 Å². The first-order valence-electron chi connectivity index (χ1n) is 8.02. The maximum absolute atomic E-state index is 6.12. The van der Waals surface area contributed by atoms with Gasteiger partial charge in [0.15, 0.2) is 0 Å². The van der Waals surface area contributed by atoms with Gasteiger partial charge >= 0.3 is 0 Å². The molecule has 0 amide bonds. The van der Waals surface area contributed by atoms with Crippen LogP contribution in [-0.4, -0.2) is 50.3 Å². The lowest BCUT2D eigenvalue weighted by molar-refractivity contribution is 0.0271. The van der Waals surface area contributed by atoms with Crippen molar-refractivity contribution in [3.05, 3.63) is 0 Å². The van der Waals surface area contributed by atoms with Gasteiger partial charge in [-0.1, -0.05) is 27.7 Å². The molecule has 0 saturated carbocycles. The Labute approximate surface area is 120 Å². The SMILES string of the molecule is CC(C)CCN(C)CC1CCC(CNCC(C)C)O1. The van der Waals surface area contributed by atoms with Crippen LogP contribution in [0.25, 0.3) is 0 Å². The van der Waals surface area contributed by atoms with Crippen molar-refractivity contribution < 1.29 is 4.74 Å². The fourth-order valence-electron chi connectivity index (χ4n) is 2.52. The Morgan fingerprint density at radius 2 is 1.79 bits per heavy atom. The minimum Gasteiger partial charge on any atom is -0.372 e. The van der Waals surface area contributed by atoms with Crippen LogP contribution >= 0.6 is 0 Å². The molecule has 1 heterocycles. The number of rotatable bonds is 9. The number of hydrogen-bond donors (Lipinski definition) is 1. The zero-order valence-electron chi connectivity index (χ0n) is 13.6. The van der Waals surface area contributed by atoms with E-state index in [0.717, 1.165) is 31.5 Å². The van der Waals surface area contributed by atoms with E-state index in [-0.39, 0.29) is 0 Å². The molecule has 1 fully saturated rings. The fourth-order valence-corrected chi connectivity index (χ4v) is 2.52. The summed E-state index contributed by atoms with van der Waals surface area (Å²) < 4.78 is 6.12. The molecule has 0 aromatic carbocycles. The maximum Gasteiger partial charge on any atom is 0.0707 e. The molecule has 0 aliphatic carbocycles. The van der Waals surface area contributed by atoms with Crippen molar-refractivity contribution in [3.63, 3.8) is 0 Å². The molecule has 0 spiro atoms. The van der Waals surface area contributed by atoms with Gasteiger partial charge in [0.1, 0.15) is 0 Å². The van der Waals surface area contributed by atoms with Gasteiger partial charge in [0.2, 0.25) is 0 Å². The molecule has 1 N–H and O–H groups in total. The number of likely N-dealkylation sites (N-methyl/N-ethyl adjacent to an activating group) is 1. The van der Waals surface area contributed by atoms with Gasteiger partial charge < -0.3 is 15.0 Å². The van der Waals surface area contributed by atoms with Gasteiger partial charge in [-0.05, 0) is 51.2 Å². The van der Waals surface area contributed by atoms with Crippen molar-refractivity contribution in [1.82, 2.24) is 10.2 Å². The van der Waals surface area contributed by atoms with E-state index < -0.39 is 0 Å². The number of hydrogen-bond acceptors (Lipinski definition) is 3. The van der Waals surface area contributed by atoms with Crippen molar-refractivity contribution in [2.45, 2.75) is 59.2 Å². The minimum atomic E-state index is 0.433. The Morgan fingerprint density at radius 1 is 1.11 bits per heavy atom. The summed E-state index contributed by atoms with van der Waals surface area (Å²) in [7, 11) is 2.22. The third-order valence-electron chi connectivity index (χ3n) is 3.72. The lowest BCUT2D eigenvalue weighted by Crippen LogP contribution is -2.33. The van der Waals surface area contributed by atoms with Gasteiger partial charge in [0.05, 0.1) is 12.2 Å². The normalized spacial score (nSPS) is 24.0. The van der Waals surface area contributed by atoms with Crippen molar-refractivity contribution in [1.29, 1.82) is 0 Å². The highest BCUT2D eigenvalue weighted by Crippen LogP contribution is 2.20. The number of nitrogens with one attached hydrogen (secondary N) is 1. The zero-order chi connectivity index (χ0) is 14.3. The molecule has 2 unspecified atom stereocenters. The molecule has 3 nitrogen and oxygen atoms in total. The molecule has 1 aliphatic rings. The summed E-state index contributed by atoms with van der Waals surface area (Å²) >= 11 is 0. The van der Waals surface area contributed by atoms with E-state index in [1.54, 1.807) is 0 Å². The van der Waals surface area contributed by atoms with Crippen LogP contribution in [0.3, 0.4) is 0 Å². The average molecular weight is 270 g/mol. The number of nitrogens with zero attached hydrogens (tertiary/aromatic N) is 1. The highest BCUT2D eigenvalue weighted by molar-refractivity contribution is 4.77. The van der Waals surface area contributed by atoms with E-state index in [9.17, 15) is 0 Å². The Balaban J connectivity index is 2.10. The lowest BCUT2D eigenvalue weighted by Gasteiger charge is -2.22. The van der Waals surface area contributed by atoms with Crippen LogP contribution in [0, 0.1) is 11.8 Å². The second-order valence-corrected chi connectivity index (χ2v) is 6.95. The Hall–Kier alpha value is -0.120. The number of ether oxygens (including phenoxy) is 1. The van der Waals surface area contributed by atoms with Crippen LogP contribution in [0.4, 0.5) is 0 Å². The Kier molecular flexibility index (Phi) is 7.96. The first-order valence-corrected chi connectivity index (χ1v) is 8.02. The standard InChI is InChI=1S/C16H34N2O/c1-13(2)8-9-18(5)12-16-7-6-15(19-16)11-17-10-14(3)4/h13-17H,6-12H2,1-5H3. The maximum atomic E-state index is 6.12.